The molecular weight excluding hydrogens is 392 g/mol. The van der Waals surface area contributed by atoms with E-state index >= 15 is 0 Å². The van der Waals surface area contributed by atoms with Crippen molar-refractivity contribution in [3.63, 3.8) is 0 Å². The Bertz CT molecular complexity index is 1120. The van der Waals surface area contributed by atoms with Crippen LogP contribution in [0, 0.1) is 0 Å². The van der Waals surface area contributed by atoms with E-state index in [1.54, 1.807) is 12.0 Å². The SMILES string of the molecule is COc1ccc2c(c1)c(CN1CCN3C(=O)CNC(=O)C3C1)cn2Cc1ccccc1. The smallest absolute Gasteiger partial charge is 0.244 e. The number of carbonyl (C=O) groups excluding carboxylic acids is 2. The lowest BCUT2D eigenvalue weighted by atomic mass is 10.1. The number of fused-ring (bicyclic) bond motifs is 2. The van der Waals surface area contributed by atoms with Gasteiger partial charge in [-0.15, -0.1) is 0 Å². The van der Waals surface area contributed by atoms with Gasteiger partial charge in [0.15, 0.2) is 0 Å². The molecule has 2 aliphatic heterocycles. The highest BCUT2D eigenvalue weighted by Gasteiger charge is 2.38. The van der Waals surface area contributed by atoms with Crippen molar-refractivity contribution in [2.75, 3.05) is 33.3 Å². The third-order valence-electron chi connectivity index (χ3n) is 6.26. The normalized spacial score (nSPS) is 19.4. The number of nitrogens with one attached hydrogen (secondary N) is 1. The second-order valence-corrected chi connectivity index (χ2v) is 8.21. The van der Waals surface area contributed by atoms with Crippen LogP contribution in [0.2, 0.25) is 0 Å². The molecule has 3 aromatic rings. The molecule has 2 aliphatic rings. The highest BCUT2D eigenvalue weighted by Crippen LogP contribution is 2.28. The van der Waals surface area contributed by atoms with Crippen molar-refractivity contribution < 1.29 is 14.3 Å². The molecule has 2 amide bonds. The molecule has 160 valence electrons. The van der Waals surface area contributed by atoms with Gasteiger partial charge in [0.05, 0.1) is 13.7 Å². The van der Waals surface area contributed by atoms with Gasteiger partial charge in [-0.3, -0.25) is 14.5 Å². The summed E-state index contributed by atoms with van der Waals surface area (Å²) in [6.45, 7) is 3.51. The Labute approximate surface area is 181 Å². The average molecular weight is 418 g/mol. The average Bonchev–Trinajstić information content (AvgIpc) is 3.13. The van der Waals surface area contributed by atoms with Gasteiger partial charge in [0.2, 0.25) is 11.8 Å². The summed E-state index contributed by atoms with van der Waals surface area (Å²) >= 11 is 0. The van der Waals surface area contributed by atoms with Crippen molar-refractivity contribution in [3.05, 3.63) is 65.9 Å². The molecule has 1 unspecified atom stereocenters. The van der Waals surface area contributed by atoms with Gasteiger partial charge in [0.25, 0.3) is 0 Å². The van der Waals surface area contributed by atoms with Crippen LogP contribution in [0.4, 0.5) is 0 Å². The van der Waals surface area contributed by atoms with Crippen molar-refractivity contribution in [1.82, 2.24) is 19.7 Å². The van der Waals surface area contributed by atoms with Gasteiger partial charge in [-0.25, -0.2) is 0 Å². The first-order valence-electron chi connectivity index (χ1n) is 10.6. The molecule has 7 heteroatoms. The van der Waals surface area contributed by atoms with Gasteiger partial charge in [0.1, 0.15) is 11.8 Å². The lowest BCUT2D eigenvalue weighted by molar-refractivity contribution is -0.149. The summed E-state index contributed by atoms with van der Waals surface area (Å²) in [6, 6.07) is 16.2. The maximum atomic E-state index is 12.3. The molecule has 1 aromatic heterocycles. The maximum Gasteiger partial charge on any atom is 0.244 e. The Morgan fingerprint density at radius 2 is 1.90 bits per heavy atom. The second-order valence-electron chi connectivity index (χ2n) is 8.21. The van der Waals surface area contributed by atoms with Gasteiger partial charge in [-0.2, -0.15) is 0 Å². The first-order valence-corrected chi connectivity index (χ1v) is 10.6. The minimum absolute atomic E-state index is 0.00782. The van der Waals surface area contributed by atoms with Gasteiger partial charge in [-0.1, -0.05) is 30.3 Å². The van der Waals surface area contributed by atoms with Crippen LogP contribution in [0.5, 0.6) is 5.75 Å². The van der Waals surface area contributed by atoms with Crippen LogP contribution >= 0.6 is 0 Å². The number of hydrogen-bond donors (Lipinski definition) is 1. The zero-order valence-corrected chi connectivity index (χ0v) is 17.6. The number of methoxy groups -OCH3 is 1. The van der Waals surface area contributed by atoms with Crippen molar-refractivity contribution >= 4 is 22.7 Å². The fraction of sp³-hybridized carbons (Fsp3) is 0.333. The highest BCUT2D eigenvalue weighted by molar-refractivity contribution is 5.95. The minimum atomic E-state index is -0.401. The molecule has 1 N–H and O–H groups in total. The topological polar surface area (TPSA) is 66.8 Å². The van der Waals surface area contributed by atoms with Crippen LogP contribution < -0.4 is 10.1 Å². The number of rotatable bonds is 5. The van der Waals surface area contributed by atoms with Crippen LogP contribution in [-0.2, 0) is 22.7 Å². The number of amides is 2. The monoisotopic (exact) mass is 418 g/mol. The van der Waals surface area contributed by atoms with Crippen LogP contribution in [0.15, 0.2) is 54.7 Å². The predicted octanol–water partition coefficient (Wildman–Crippen LogP) is 1.84. The second kappa shape index (κ2) is 8.07. The number of piperazine rings is 2. The van der Waals surface area contributed by atoms with Crippen molar-refractivity contribution in [1.29, 1.82) is 0 Å². The number of carbonyl (C=O) groups is 2. The molecule has 0 radical (unpaired) electrons. The summed E-state index contributed by atoms with van der Waals surface area (Å²) in [5, 5.41) is 3.87. The van der Waals surface area contributed by atoms with Crippen molar-refractivity contribution in [2.24, 2.45) is 0 Å². The quantitative estimate of drug-likeness (QED) is 0.687. The Morgan fingerprint density at radius 3 is 2.71 bits per heavy atom. The fourth-order valence-electron chi connectivity index (χ4n) is 4.64. The van der Waals surface area contributed by atoms with E-state index in [9.17, 15) is 9.59 Å². The summed E-state index contributed by atoms with van der Waals surface area (Å²) in [7, 11) is 1.68. The van der Waals surface area contributed by atoms with Crippen LogP contribution in [-0.4, -0.2) is 65.5 Å². The molecule has 2 aromatic carbocycles. The minimum Gasteiger partial charge on any atom is -0.497 e. The molecule has 3 heterocycles. The zero-order chi connectivity index (χ0) is 21.4. The number of aromatic nitrogens is 1. The molecule has 2 fully saturated rings. The Balaban J connectivity index is 1.43. The lowest BCUT2D eigenvalue weighted by Gasteiger charge is -2.42. The first kappa shape index (κ1) is 19.6. The molecule has 0 aliphatic carbocycles. The number of hydrogen-bond acceptors (Lipinski definition) is 4. The molecular formula is C24H26N4O3. The molecule has 0 spiro atoms. The number of nitrogens with zero attached hydrogens (tertiary/aromatic N) is 3. The van der Waals surface area contributed by atoms with Gasteiger partial charge in [-0.05, 0) is 29.3 Å². The maximum absolute atomic E-state index is 12.3. The third-order valence-corrected chi connectivity index (χ3v) is 6.26. The number of benzene rings is 2. The van der Waals surface area contributed by atoms with Crippen LogP contribution in [0.1, 0.15) is 11.1 Å². The lowest BCUT2D eigenvalue weighted by Crippen LogP contribution is -2.65. The molecule has 31 heavy (non-hydrogen) atoms. The first-order chi connectivity index (χ1) is 15.1. The summed E-state index contributed by atoms with van der Waals surface area (Å²) in [5.74, 6) is 0.777. The summed E-state index contributed by atoms with van der Waals surface area (Å²) in [6.07, 6.45) is 2.20. The Hall–Kier alpha value is -3.32. The van der Waals surface area contributed by atoms with E-state index in [2.05, 4.69) is 57.4 Å². The van der Waals surface area contributed by atoms with Crippen LogP contribution in [0.25, 0.3) is 10.9 Å². The summed E-state index contributed by atoms with van der Waals surface area (Å²) < 4.78 is 7.74. The predicted molar refractivity (Wildman–Crippen MR) is 118 cm³/mol. The fourth-order valence-corrected chi connectivity index (χ4v) is 4.64. The van der Waals surface area contributed by atoms with Crippen molar-refractivity contribution in [3.8, 4) is 5.75 Å². The Morgan fingerprint density at radius 1 is 1.06 bits per heavy atom. The van der Waals surface area contributed by atoms with E-state index in [4.69, 9.17) is 4.74 Å². The Kier molecular flexibility index (Phi) is 5.11. The van der Waals surface area contributed by atoms with Crippen molar-refractivity contribution in [2.45, 2.75) is 19.1 Å². The van der Waals surface area contributed by atoms with Gasteiger partial charge < -0.3 is 19.5 Å². The standard InChI is InChI=1S/C24H26N4O3/c1-31-19-7-8-21-20(11-19)18(15-27(21)13-17-5-3-2-4-6-17)14-26-9-10-28-22(16-26)24(30)25-12-23(28)29/h2-8,11,15,22H,9-10,12-14,16H2,1H3,(H,25,30). The number of ether oxygens (including phenoxy) is 1. The largest absolute Gasteiger partial charge is 0.497 e. The summed E-state index contributed by atoms with van der Waals surface area (Å²) in [4.78, 5) is 28.4. The van der Waals surface area contributed by atoms with Gasteiger partial charge >= 0.3 is 0 Å². The summed E-state index contributed by atoms with van der Waals surface area (Å²) in [5.41, 5.74) is 3.59. The highest BCUT2D eigenvalue weighted by atomic mass is 16.5. The van der Waals surface area contributed by atoms with E-state index < -0.39 is 6.04 Å². The van der Waals surface area contributed by atoms with E-state index in [1.807, 2.05) is 12.1 Å². The van der Waals surface area contributed by atoms with Gasteiger partial charge in [0, 0.05) is 49.8 Å². The van der Waals surface area contributed by atoms with E-state index in [0.29, 0.717) is 13.1 Å². The molecule has 7 nitrogen and oxygen atoms in total. The molecule has 5 rings (SSSR count). The van der Waals surface area contributed by atoms with E-state index in [1.165, 1.54) is 11.1 Å². The molecule has 2 saturated heterocycles. The van der Waals surface area contributed by atoms with E-state index in [-0.39, 0.29) is 18.4 Å². The van der Waals surface area contributed by atoms with E-state index in [0.717, 1.165) is 36.3 Å². The molecule has 0 bridgehead atoms. The zero-order valence-electron chi connectivity index (χ0n) is 17.6. The van der Waals surface area contributed by atoms with Crippen LogP contribution in [0.3, 0.4) is 0 Å². The molecule has 0 saturated carbocycles. The molecule has 1 atom stereocenters. The third kappa shape index (κ3) is 3.77.